The first kappa shape index (κ1) is 19.0. The van der Waals surface area contributed by atoms with E-state index in [2.05, 4.69) is 33.7 Å². The molecule has 0 aliphatic rings. The van der Waals surface area contributed by atoms with Crippen molar-refractivity contribution in [3.8, 4) is 0 Å². The summed E-state index contributed by atoms with van der Waals surface area (Å²) in [7, 11) is 0. The van der Waals surface area contributed by atoms with E-state index < -0.39 is 0 Å². The molecule has 1 aromatic carbocycles. The summed E-state index contributed by atoms with van der Waals surface area (Å²) in [6.45, 7) is 9.32. The Bertz CT molecular complexity index is 676. The molecule has 0 saturated heterocycles. The van der Waals surface area contributed by atoms with Crippen LogP contribution in [0.5, 0.6) is 0 Å². The van der Waals surface area contributed by atoms with Gasteiger partial charge in [0.2, 0.25) is 0 Å². The van der Waals surface area contributed by atoms with E-state index in [0.29, 0.717) is 0 Å². The fourth-order valence-corrected chi connectivity index (χ4v) is 2.63. The second-order valence-corrected chi connectivity index (χ2v) is 6.07. The molecule has 2 N–H and O–H groups in total. The van der Waals surface area contributed by atoms with Gasteiger partial charge in [-0.15, -0.1) is 0 Å². The molecule has 0 aliphatic heterocycles. The summed E-state index contributed by atoms with van der Waals surface area (Å²) >= 11 is 0. The van der Waals surface area contributed by atoms with Gasteiger partial charge in [-0.1, -0.05) is 12.1 Å². The number of nitrogens with zero attached hydrogens (tertiary/aromatic N) is 3. The molecule has 1 aromatic heterocycles. The van der Waals surface area contributed by atoms with Gasteiger partial charge < -0.3 is 10.6 Å². The number of nitrogens with one attached hydrogen (secondary N) is 2. The molecule has 25 heavy (non-hydrogen) atoms. The van der Waals surface area contributed by atoms with Gasteiger partial charge in [-0.25, -0.2) is 4.39 Å². The maximum Gasteiger partial charge on any atom is 0.191 e. The largest absolute Gasteiger partial charge is 0.357 e. The lowest BCUT2D eigenvalue weighted by atomic mass is 10.1. The van der Waals surface area contributed by atoms with E-state index in [-0.39, 0.29) is 5.82 Å². The summed E-state index contributed by atoms with van der Waals surface area (Å²) in [6.07, 6.45) is 1.77. The zero-order chi connectivity index (χ0) is 18.1. The molecule has 6 heteroatoms. The van der Waals surface area contributed by atoms with E-state index >= 15 is 0 Å². The lowest BCUT2D eigenvalue weighted by Gasteiger charge is -2.11. The SMILES string of the molecule is CCNC(=NCCCn1nc(C)cc1C)NCCc1ccc(F)cc1. The Hall–Kier alpha value is -2.37. The van der Waals surface area contributed by atoms with Gasteiger partial charge >= 0.3 is 0 Å². The molecular formula is C19H28FN5. The van der Waals surface area contributed by atoms with E-state index in [9.17, 15) is 4.39 Å². The zero-order valence-corrected chi connectivity index (χ0v) is 15.3. The van der Waals surface area contributed by atoms with Crippen LogP contribution >= 0.6 is 0 Å². The summed E-state index contributed by atoms with van der Waals surface area (Å²) < 4.78 is 14.9. The molecule has 0 fully saturated rings. The molecule has 5 nitrogen and oxygen atoms in total. The minimum atomic E-state index is -0.200. The third-order valence-corrected chi connectivity index (χ3v) is 3.86. The van der Waals surface area contributed by atoms with Gasteiger partial charge in [0.05, 0.1) is 5.69 Å². The lowest BCUT2D eigenvalue weighted by Crippen LogP contribution is -2.38. The highest BCUT2D eigenvalue weighted by atomic mass is 19.1. The molecule has 0 aliphatic carbocycles. The number of aliphatic imine (C=N–C) groups is 1. The van der Waals surface area contributed by atoms with Crippen LogP contribution in [0, 0.1) is 19.7 Å². The van der Waals surface area contributed by atoms with Gasteiger partial charge in [-0.2, -0.15) is 5.10 Å². The Kier molecular flexibility index (Phi) is 7.44. The molecule has 0 amide bonds. The number of aromatic nitrogens is 2. The highest BCUT2D eigenvalue weighted by Gasteiger charge is 2.01. The second-order valence-electron chi connectivity index (χ2n) is 6.07. The fraction of sp³-hybridized carbons (Fsp3) is 0.474. The lowest BCUT2D eigenvalue weighted by molar-refractivity contribution is 0.567. The first-order chi connectivity index (χ1) is 12.1. The van der Waals surface area contributed by atoms with Crippen LogP contribution in [0.3, 0.4) is 0 Å². The smallest absolute Gasteiger partial charge is 0.191 e. The third kappa shape index (κ3) is 6.57. The van der Waals surface area contributed by atoms with Crippen LogP contribution in [0.25, 0.3) is 0 Å². The van der Waals surface area contributed by atoms with Gasteiger partial charge in [0.25, 0.3) is 0 Å². The van der Waals surface area contributed by atoms with Crippen LogP contribution in [0.15, 0.2) is 35.3 Å². The summed E-state index contributed by atoms with van der Waals surface area (Å²) in [5.41, 5.74) is 3.34. The molecule has 0 unspecified atom stereocenters. The molecule has 0 spiro atoms. The number of benzene rings is 1. The molecular weight excluding hydrogens is 317 g/mol. The van der Waals surface area contributed by atoms with E-state index in [4.69, 9.17) is 0 Å². The molecule has 0 radical (unpaired) electrons. The average molecular weight is 345 g/mol. The van der Waals surface area contributed by atoms with Crippen molar-refractivity contribution < 1.29 is 4.39 Å². The highest BCUT2D eigenvalue weighted by Crippen LogP contribution is 2.03. The van der Waals surface area contributed by atoms with Gasteiger partial charge in [-0.05, 0) is 57.4 Å². The van der Waals surface area contributed by atoms with Crippen molar-refractivity contribution in [3.05, 3.63) is 53.1 Å². The van der Waals surface area contributed by atoms with Crippen molar-refractivity contribution in [1.82, 2.24) is 20.4 Å². The standard InChI is InChI=1S/C19H28FN5/c1-4-21-19(23-12-10-17-6-8-18(20)9-7-17)22-11-5-13-25-16(3)14-15(2)24-25/h6-9,14H,4-5,10-13H2,1-3H3,(H2,21,22,23). The summed E-state index contributed by atoms with van der Waals surface area (Å²) in [5.74, 6) is 0.618. The molecule has 2 aromatic rings. The minimum absolute atomic E-state index is 0.200. The molecule has 0 atom stereocenters. The summed E-state index contributed by atoms with van der Waals surface area (Å²) in [5, 5.41) is 11.0. The first-order valence-electron chi connectivity index (χ1n) is 8.86. The Morgan fingerprint density at radius 1 is 1.20 bits per heavy atom. The zero-order valence-electron chi connectivity index (χ0n) is 15.3. The Morgan fingerprint density at radius 3 is 2.60 bits per heavy atom. The van der Waals surface area contributed by atoms with Crippen molar-refractivity contribution in [2.75, 3.05) is 19.6 Å². The Labute approximate surface area is 149 Å². The van der Waals surface area contributed by atoms with Crippen molar-refractivity contribution >= 4 is 5.96 Å². The highest BCUT2D eigenvalue weighted by molar-refractivity contribution is 5.79. The van der Waals surface area contributed by atoms with Gasteiger partial charge in [0.15, 0.2) is 5.96 Å². The molecule has 1 heterocycles. The first-order valence-corrected chi connectivity index (χ1v) is 8.86. The number of rotatable bonds is 8. The number of guanidine groups is 1. The van der Waals surface area contributed by atoms with Crippen molar-refractivity contribution in [2.45, 2.75) is 40.2 Å². The van der Waals surface area contributed by atoms with Crippen molar-refractivity contribution in [2.24, 2.45) is 4.99 Å². The van der Waals surface area contributed by atoms with Crippen LogP contribution in [-0.2, 0) is 13.0 Å². The van der Waals surface area contributed by atoms with Crippen LogP contribution in [0.1, 0.15) is 30.3 Å². The Morgan fingerprint density at radius 2 is 1.96 bits per heavy atom. The monoisotopic (exact) mass is 345 g/mol. The summed E-state index contributed by atoms with van der Waals surface area (Å²) in [6, 6.07) is 8.70. The Balaban J connectivity index is 1.75. The molecule has 136 valence electrons. The summed E-state index contributed by atoms with van der Waals surface area (Å²) in [4.78, 5) is 4.60. The van der Waals surface area contributed by atoms with Crippen LogP contribution in [-0.4, -0.2) is 35.4 Å². The fourth-order valence-electron chi connectivity index (χ4n) is 2.63. The van der Waals surface area contributed by atoms with Crippen molar-refractivity contribution in [3.63, 3.8) is 0 Å². The van der Waals surface area contributed by atoms with Gasteiger partial charge in [0, 0.05) is 31.9 Å². The second kappa shape index (κ2) is 9.81. The van der Waals surface area contributed by atoms with Gasteiger partial charge in [0.1, 0.15) is 5.82 Å². The van der Waals surface area contributed by atoms with E-state index in [0.717, 1.165) is 56.2 Å². The number of halogens is 1. The number of hydrogen-bond acceptors (Lipinski definition) is 2. The topological polar surface area (TPSA) is 54.2 Å². The van der Waals surface area contributed by atoms with Gasteiger partial charge in [-0.3, -0.25) is 9.67 Å². The van der Waals surface area contributed by atoms with Crippen LogP contribution in [0.2, 0.25) is 0 Å². The average Bonchev–Trinajstić information content (AvgIpc) is 2.91. The molecule has 0 bridgehead atoms. The predicted molar refractivity (Wildman–Crippen MR) is 100 cm³/mol. The normalized spacial score (nSPS) is 11.6. The molecule has 0 saturated carbocycles. The van der Waals surface area contributed by atoms with Crippen molar-refractivity contribution in [1.29, 1.82) is 0 Å². The van der Waals surface area contributed by atoms with Crippen LogP contribution in [0.4, 0.5) is 4.39 Å². The maximum atomic E-state index is 12.9. The number of hydrogen-bond donors (Lipinski definition) is 2. The maximum absolute atomic E-state index is 12.9. The quantitative estimate of drug-likeness (QED) is 0.439. The minimum Gasteiger partial charge on any atom is -0.357 e. The molecule has 2 rings (SSSR count). The number of aryl methyl sites for hydroxylation is 3. The predicted octanol–water partition coefficient (Wildman–Crippen LogP) is 2.83. The third-order valence-electron chi connectivity index (χ3n) is 3.86. The van der Waals surface area contributed by atoms with E-state index in [1.165, 1.54) is 17.8 Å². The van der Waals surface area contributed by atoms with E-state index in [1.807, 2.05) is 30.7 Å². The van der Waals surface area contributed by atoms with E-state index in [1.54, 1.807) is 0 Å². The van der Waals surface area contributed by atoms with Crippen LogP contribution < -0.4 is 10.6 Å².